The van der Waals surface area contributed by atoms with Crippen molar-refractivity contribution in [3.63, 3.8) is 0 Å². The number of rotatable bonds is 4. The van der Waals surface area contributed by atoms with Gasteiger partial charge >= 0.3 is 0 Å². The zero-order chi connectivity index (χ0) is 14.7. The quantitative estimate of drug-likeness (QED) is 0.909. The van der Waals surface area contributed by atoms with E-state index in [1.54, 1.807) is 17.9 Å². The first-order valence-electron chi connectivity index (χ1n) is 6.51. The van der Waals surface area contributed by atoms with E-state index in [1.807, 2.05) is 0 Å². The molecule has 0 saturated carbocycles. The highest BCUT2D eigenvalue weighted by Crippen LogP contribution is 2.22. The lowest BCUT2D eigenvalue weighted by Gasteiger charge is -2.18. The number of ether oxygens (including phenoxy) is 1. The zero-order valence-electron chi connectivity index (χ0n) is 11.2. The highest BCUT2D eigenvalue weighted by Gasteiger charge is 2.29. The van der Waals surface area contributed by atoms with Gasteiger partial charge in [-0.2, -0.15) is 0 Å². The first-order valence-corrected chi connectivity index (χ1v) is 7.30. The SMILES string of the molecule is CC(O)C1CCN(C(=O)COc2ccc(Br)cc2F)C1. The Balaban J connectivity index is 1.86. The molecule has 0 radical (unpaired) electrons. The van der Waals surface area contributed by atoms with Gasteiger partial charge in [0.2, 0.25) is 0 Å². The lowest BCUT2D eigenvalue weighted by atomic mass is 10.0. The largest absolute Gasteiger partial charge is 0.481 e. The number of nitrogens with zero attached hydrogens (tertiary/aromatic N) is 1. The third kappa shape index (κ3) is 3.70. The van der Waals surface area contributed by atoms with E-state index in [0.29, 0.717) is 17.6 Å². The molecule has 0 aromatic heterocycles. The highest BCUT2D eigenvalue weighted by atomic mass is 79.9. The topological polar surface area (TPSA) is 49.8 Å². The van der Waals surface area contributed by atoms with E-state index in [9.17, 15) is 14.3 Å². The third-order valence-corrected chi connectivity index (χ3v) is 4.00. The van der Waals surface area contributed by atoms with E-state index in [1.165, 1.54) is 12.1 Å². The number of likely N-dealkylation sites (tertiary alicyclic amines) is 1. The van der Waals surface area contributed by atoms with Crippen LogP contribution < -0.4 is 4.74 Å². The summed E-state index contributed by atoms with van der Waals surface area (Å²) >= 11 is 3.16. The van der Waals surface area contributed by atoms with E-state index in [4.69, 9.17) is 4.74 Å². The minimum Gasteiger partial charge on any atom is -0.481 e. The van der Waals surface area contributed by atoms with Crippen LogP contribution in [-0.2, 0) is 4.79 Å². The van der Waals surface area contributed by atoms with Crippen molar-refractivity contribution in [3.8, 4) is 5.75 Å². The molecule has 1 aromatic rings. The van der Waals surface area contributed by atoms with Crippen LogP contribution in [0.3, 0.4) is 0 Å². The van der Waals surface area contributed by atoms with Crippen LogP contribution in [0.2, 0.25) is 0 Å². The molecule has 2 rings (SSSR count). The number of benzene rings is 1. The second-order valence-electron chi connectivity index (χ2n) is 4.99. The van der Waals surface area contributed by atoms with E-state index in [2.05, 4.69) is 15.9 Å². The Morgan fingerprint density at radius 2 is 2.40 bits per heavy atom. The Morgan fingerprint density at radius 1 is 1.65 bits per heavy atom. The zero-order valence-corrected chi connectivity index (χ0v) is 12.8. The number of hydrogen-bond acceptors (Lipinski definition) is 3. The minimum atomic E-state index is -0.504. The van der Waals surface area contributed by atoms with E-state index in [-0.39, 0.29) is 24.2 Å². The van der Waals surface area contributed by atoms with Crippen molar-refractivity contribution in [2.75, 3.05) is 19.7 Å². The molecule has 20 heavy (non-hydrogen) atoms. The van der Waals surface area contributed by atoms with Crippen LogP contribution in [0, 0.1) is 11.7 Å². The Hall–Kier alpha value is -1.14. The molecule has 1 aromatic carbocycles. The van der Waals surface area contributed by atoms with E-state index >= 15 is 0 Å². The summed E-state index contributed by atoms with van der Waals surface area (Å²) in [5.41, 5.74) is 0. The average Bonchev–Trinajstić information content (AvgIpc) is 2.87. The number of amides is 1. The van der Waals surface area contributed by atoms with Gasteiger partial charge in [0.25, 0.3) is 5.91 Å². The predicted octanol–water partition coefficient (Wildman–Crippen LogP) is 2.20. The lowest BCUT2D eigenvalue weighted by molar-refractivity contribution is -0.132. The average molecular weight is 346 g/mol. The van der Waals surface area contributed by atoms with Crippen molar-refractivity contribution in [3.05, 3.63) is 28.5 Å². The van der Waals surface area contributed by atoms with E-state index < -0.39 is 11.9 Å². The number of aliphatic hydroxyl groups excluding tert-OH is 1. The van der Waals surface area contributed by atoms with Crippen LogP contribution in [0.4, 0.5) is 4.39 Å². The van der Waals surface area contributed by atoms with Gasteiger partial charge in [0, 0.05) is 23.5 Å². The Labute approximate surface area is 125 Å². The molecule has 0 bridgehead atoms. The molecule has 1 aliphatic heterocycles. The smallest absolute Gasteiger partial charge is 0.260 e. The fraction of sp³-hybridized carbons (Fsp3) is 0.500. The monoisotopic (exact) mass is 345 g/mol. The number of aliphatic hydroxyl groups is 1. The van der Waals surface area contributed by atoms with E-state index in [0.717, 1.165) is 6.42 Å². The molecule has 110 valence electrons. The minimum absolute atomic E-state index is 0.0628. The first kappa shape index (κ1) is 15.3. The standard InChI is InChI=1S/C14H17BrFNO3/c1-9(18)10-4-5-17(7-10)14(19)8-20-13-3-2-11(15)6-12(13)16/h2-3,6,9-10,18H,4-5,7-8H2,1H3. The Kier molecular flexibility index (Phi) is 4.99. The molecule has 2 unspecified atom stereocenters. The molecular weight excluding hydrogens is 329 g/mol. The fourth-order valence-electron chi connectivity index (χ4n) is 2.23. The van der Waals surface area contributed by atoms with Crippen molar-refractivity contribution >= 4 is 21.8 Å². The summed E-state index contributed by atoms with van der Waals surface area (Å²) in [5.74, 6) is -0.512. The predicted molar refractivity (Wildman–Crippen MR) is 76.0 cm³/mol. The molecule has 1 aliphatic rings. The maximum atomic E-state index is 13.5. The van der Waals surface area contributed by atoms with Crippen molar-refractivity contribution in [1.82, 2.24) is 4.90 Å². The molecule has 6 heteroatoms. The van der Waals surface area contributed by atoms with Gasteiger partial charge in [-0.05, 0) is 31.5 Å². The molecule has 1 heterocycles. The van der Waals surface area contributed by atoms with Crippen LogP contribution in [0.5, 0.6) is 5.75 Å². The number of carbonyl (C=O) groups excluding carboxylic acids is 1. The normalized spacial score (nSPS) is 20.0. The van der Waals surface area contributed by atoms with Crippen LogP contribution in [-0.4, -0.2) is 41.7 Å². The van der Waals surface area contributed by atoms with Crippen molar-refractivity contribution in [2.24, 2.45) is 5.92 Å². The maximum Gasteiger partial charge on any atom is 0.260 e. The molecule has 1 amide bonds. The summed E-state index contributed by atoms with van der Waals surface area (Å²) < 4.78 is 19.4. The van der Waals surface area contributed by atoms with Crippen molar-refractivity contribution in [1.29, 1.82) is 0 Å². The van der Waals surface area contributed by atoms with Gasteiger partial charge in [-0.25, -0.2) is 4.39 Å². The Morgan fingerprint density at radius 3 is 3.00 bits per heavy atom. The first-order chi connectivity index (χ1) is 9.47. The molecule has 0 aliphatic carbocycles. The second kappa shape index (κ2) is 6.54. The summed E-state index contributed by atoms with van der Waals surface area (Å²) in [5, 5.41) is 9.50. The lowest BCUT2D eigenvalue weighted by Crippen LogP contribution is -2.34. The van der Waals surface area contributed by atoms with Crippen LogP contribution in [0.15, 0.2) is 22.7 Å². The third-order valence-electron chi connectivity index (χ3n) is 3.50. The number of halogens is 2. The molecule has 1 saturated heterocycles. The Bertz CT molecular complexity index is 495. The van der Waals surface area contributed by atoms with Crippen LogP contribution in [0.1, 0.15) is 13.3 Å². The van der Waals surface area contributed by atoms with Gasteiger partial charge in [0.05, 0.1) is 6.10 Å². The van der Waals surface area contributed by atoms with Gasteiger partial charge in [0.15, 0.2) is 18.2 Å². The van der Waals surface area contributed by atoms with Gasteiger partial charge in [-0.15, -0.1) is 0 Å². The summed E-state index contributed by atoms with van der Waals surface area (Å²) in [6.45, 7) is 2.68. The maximum absolute atomic E-state index is 13.5. The molecular formula is C14H17BrFNO3. The van der Waals surface area contributed by atoms with Crippen molar-refractivity contribution in [2.45, 2.75) is 19.4 Å². The van der Waals surface area contributed by atoms with Gasteiger partial charge in [-0.3, -0.25) is 4.79 Å². The van der Waals surface area contributed by atoms with Crippen molar-refractivity contribution < 1.29 is 19.0 Å². The van der Waals surface area contributed by atoms with Gasteiger partial charge in [-0.1, -0.05) is 15.9 Å². The highest BCUT2D eigenvalue weighted by molar-refractivity contribution is 9.10. The summed E-state index contributed by atoms with van der Waals surface area (Å²) in [7, 11) is 0. The fourth-order valence-corrected chi connectivity index (χ4v) is 2.56. The molecule has 1 fully saturated rings. The summed E-state index contributed by atoms with van der Waals surface area (Å²) in [6, 6.07) is 4.43. The van der Waals surface area contributed by atoms with Crippen LogP contribution >= 0.6 is 15.9 Å². The molecule has 2 atom stereocenters. The van der Waals surface area contributed by atoms with Gasteiger partial charge < -0.3 is 14.7 Å². The van der Waals surface area contributed by atoms with Gasteiger partial charge in [0.1, 0.15) is 0 Å². The number of carbonyl (C=O) groups is 1. The second-order valence-corrected chi connectivity index (χ2v) is 5.91. The summed E-state index contributed by atoms with van der Waals surface area (Å²) in [4.78, 5) is 13.6. The summed E-state index contributed by atoms with van der Waals surface area (Å²) in [6.07, 6.45) is 0.369. The molecule has 4 nitrogen and oxygen atoms in total. The molecule has 1 N–H and O–H groups in total. The number of hydrogen-bond donors (Lipinski definition) is 1. The molecule has 0 spiro atoms. The van der Waals surface area contributed by atoms with Crippen LogP contribution in [0.25, 0.3) is 0 Å².